The monoisotopic (exact) mass is 318 g/mol. The Labute approximate surface area is 136 Å². The summed E-state index contributed by atoms with van der Waals surface area (Å²) >= 11 is 6.05. The fourth-order valence-electron chi connectivity index (χ4n) is 3.27. The molecule has 1 aliphatic rings. The second kappa shape index (κ2) is 6.74. The summed E-state index contributed by atoms with van der Waals surface area (Å²) in [7, 11) is 0. The second-order valence-corrected chi connectivity index (χ2v) is 6.65. The Bertz CT molecular complexity index is 656. The SMILES string of the molecule is CCCCC(=O)N1CCC(c2cc3cc(Cl)ccc3[nH]2)CC1. The van der Waals surface area contributed by atoms with E-state index in [1.807, 2.05) is 23.1 Å². The van der Waals surface area contributed by atoms with Gasteiger partial charge in [-0.2, -0.15) is 0 Å². The van der Waals surface area contributed by atoms with Crippen molar-refractivity contribution in [2.75, 3.05) is 13.1 Å². The number of rotatable bonds is 4. The summed E-state index contributed by atoms with van der Waals surface area (Å²) in [6.07, 6.45) is 4.87. The lowest BCUT2D eigenvalue weighted by molar-refractivity contribution is -0.132. The van der Waals surface area contributed by atoms with E-state index in [1.54, 1.807) is 0 Å². The molecule has 1 amide bonds. The van der Waals surface area contributed by atoms with E-state index in [4.69, 9.17) is 11.6 Å². The van der Waals surface area contributed by atoms with Gasteiger partial charge in [-0.3, -0.25) is 4.79 Å². The van der Waals surface area contributed by atoms with Gasteiger partial charge in [-0.15, -0.1) is 0 Å². The molecule has 1 N–H and O–H groups in total. The largest absolute Gasteiger partial charge is 0.358 e. The van der Waals surface area contributed by atoms with Crippen LogP contribution in [0.3, 0.4) is 0 Å². The number of nitrogens with zero attached hydrogens (tertiary/aromatic N) is 1. The Balaban J connectivity index is 1.64. The summed E-state index contributed by atoms with van der Waals surface area (Å²) in [5.74, 6) is 0.838. The number of unbranched alkanes of at least 4 members (excludes halogenated alkanes) is 1. The maximum absolute atomic E-state index is 12.1. The first-order valence-electron chi connectivity index (χ1n) is 8.23. The van der Waals surface area contributed by atoms with Crippen molar-refractivity contribution in [2.45, 2.75) is 44.9 Å². The molecule has 1 aromatic heterocycles. The van der Waals surface area contributed by atoms with E-state index in [0.717, 1.165) is 49.3 Å². The van der Waals surface area contributed by atoms with Gasteiger partial charge < -0.3 is 9.88 Å². The van der Waals surface area contributed by atoms with Gasteiger partial charge in [-0.1, -0.05) is 24.9 Å². The van der Waals surface area contributed by atoms with E-state index in [0.29, 0.717) is 18.2 Å². The number of aromatic nitrogens is 1. The lowest BCUT2D eigenvalue weighted by Crippen LogP contribution is -2.37. The molecule has 0 aliphatic carbocycles. The van der Waals surface area contributed by atoms with Crippen molar-refractivity contribution < 1.29 is 4.79 Å². The molecule has 22 heavy (non-hydrogen) atoms. The van der Waals surface area contributed by atoms with Crippen LogP contribution in [-0.2, 0) is 4.79 Å². The number of benzene rings is 1. The van der Waals surface area contributed by atoms with Crippen LogP contribution in [0.15, 0.2) is 24.3 Å². The van der Waals surface area contributed by atoms with Gasteiger partial charge in [-0.25, -0.2) is 0 Å². The molecular formula is C18H23ClN2O. The van der Waals surface area contributed by atoms with Crippen molar-refractivity contribution in [1.82, 2.24) is 9.88 Å². The van der Waals surface area contributed by atoms with Gasteiger partial charge in [0.1, 0.15) is 0 Å². The lowest BCUT2D eigenvalue weighted by atomic mass is 9.93. The van der Waals surface area contributed by atoms with Gasteiger partial charge in [-0.05, 0) is 43.5 Å². The van der Waals surface area contributed by atoms with Crippen LogP contribution >= 0.6 is 11.6 Å². The molecule has 2 aromatic rings. The van der Waals surface area contributed by atoms with E-state index in [1.165, 1.54) is 11.1 Å². The summed E-state index contributed by atoms with van der Waals surface area (Å²) < 4.78 is 0. The molecule has 4 heteroatoms. The smallest absolute Gasteiger partial charge is 0.222 e. The van der Waals surface area contributed by atoms with Gasteiger partial charge in [0.25, 0.3) is 0 Å². The fourth-order valence-corrected chi connectivity index (χ4v) is 3.45. The predicted octanol–water partition coefficient (Wildman–Crippen LogP) is 4.72. The van der Waals surface area contributed by atoms with Crippen LogP contribution in [0.1, 0.15) is 50.6 Å². The maximum atomic E-state index is 12.1. The molecule has 0 atom stereocenters. The van der Waals surface area contributed by atoms with E-state index in [-0.39, 0.29) is 0 Å². The number of carbonyl (C=O) groups excluding carboxylic acids is 1. The third-order valence-corrected chi connectivity index (χ3v) is 4.87. The Morgan fingerprint density at radius 1 is 1.32 bits per heavy atom. The summed E-state index contributed by atoms with van der Waals surface area (Å²) in [6.45, 7) is 3.88. The maximum Gasteiger partial charge on any atom is 0.222 e. The molecule has 0 radical (unpaired) electrons. The first-order chi connectivity index (χ1) is 10.7. The topological polar surface area (TPSA) is 36.1 Å². The van der Waals surface area contributed by atoms with Crippen LogP contribution in [0, 0.1) is 0 Å². The Hall–Kier alpha value is -1.48. The van der Waals surface area contributed by atoms with Gasteiger partial charge in [0.05, 0.1) is 0 Å². The number of likely N-dealkylation sites (tertiary alicyclic amines) is 1. The number of hydrogen-bond donors (Lipinski definition) is 1. The minimum Gasteiger partial charge on any atom is -0.358 e. The normalized spacial score (nSPS) is 16.4. The zero-order valence-corrected chi connectivity index (χ0v) is 13.8. The summed E-state index contributed by atoms with van der Waals surface area (Å²) in [5, 5.41) is 1.94. The minimum atomic E-state index is 0.323. The number of fused-ring (bicyclic) bond motifs is 1. The first-order valence-corrected chi connectivity index (χ1v) is 8.61. The molecule has 0 saturated carbocycles. The third kappa shape index (κ3) is 3.30. The molecule has 3 nitrogen and oxygen atoms in total. The number of nitrogens with one attached hydrogen (secondary N) is 1. The zero-order chi connectivity index (χ0) is 15.5. The number of piperidine rings is 1. The highest BCUT2D eigenvalue weighted by molar-refractivity contribution is 6.31. The molecule has 3 rings (SSSR count). The molecule has 2 heterocycles. The van der Waals surface area contributed by atoms with Crippen LogP contribution in [-0.4, -0.2) is 28.9 Å². The fraction of sp³-hybridized carbons (Fsp3) is 0.500. The molecule has 0 spiro atoms. The van der Waals surface area contributed by atoms with Crippen LogP contribution < -0.4 is 0 Å². The zero-order valence-electron chi connectivity index (χ0n) is 13.1. The number of hydrogen-bond acceptors (Lipinski definition) is 1. The number of halogens is 1. The molecule has 1 aliphatic heterocycles. The highest BCUT2D eigenvalue weighted by Gasteiger charge is 2.24. The Kier molecular flexibility index (Phi) is 4.72. The Morgan fingerprint density at radius 2 is 2.09 bits per heavy atom. The van der Waals surface area contributed by atoms with Crippen LogP contribution in [0.2, 0.25) is 5.02 Å². The molecule has 0 bridgehead atoms. The molecule has 1 aromatic carbocycles. The highest BCUT2D eigenvalue weighted by Crippen LogP contribution is 2.31. The summed E-state index contributed by atoms with van der Waals surface area (Å²) in [4.78, 5) is 17.6. The van der Waals surface area contributed by atoms with E-state index >= 15 is 0 Å². The number of amides is 1. The number of aromatic amines is 1. The lowest BCUT2D eigenvalue weighted by Gasteiger charge is -2.31. The van der Waals surface area contributed by atoms with Crippen molar-refractivity contribution in [2.24, 2.45) is 0 Å². The van der Waals surface area contributed by atoms with Gasteiger partial charge in [0.15, 0.2) is 0 Å². The van der Waals surface area contributed by atoms with Crippen molar-refractivity contribution >= 4 is 28.4 Å². The Morgan fingerprint density at radius 3 is 2.82 bits per heavy atom. The van der Waals surface area contributed by atoms with Gasteiger partial charge in [0.2, 0.25) is 5.91 Å². The number of carbonyl (C=O) groups is 1. The van der Waals surface area contributed by atoms with Crippen molar-refractivity contribution in [3.05, 3.63) is 35.0 Å². The second-order valence-electron chi connectivity index (χ2n) is 6.21. The standard InChI is InChI=1S/C18H23ClN2O/c1-2-3-4-18(22)21-9-7-13(8-10-21)17-12-14-11-15(19)5-6-16(14)20-17/h5-6,11-13,20H,2-4,7-10H2,1H3. The van der Waals surface area contributed by atoms with Crippen LogP contribution in [0.4, 0.5) is 0 Å². The van der Waals surface area contributed by atoms with Crippen molar-refractivity contribution in [3.63, 3.8) is 0 Å². The van der Waals surface area contributed by atoms with Crippen LogP contribution in [0.25, 0.3) is 10.9 Å². The number of H-pyrrole nitrogens is 1. The summed E-state index contributed by atoms with van der Waals surface area (Å²) in [6, 6.07) is 8.16. The van der Waals surface area contributed by atoms with E-state index in [2.05, 4.69) is 18.0 Å². The van der Waals surface area contributed by atoms with Crippen LogP contribution in [0.5, 0.6) is 0 Å². The molecular weight excluding hydrogens is 296 g/mol. The minimum absolute atomic E-state index is 0.323. The molecule has 1 fully saturated rings. The van der Waals surface area contributed by atoms with E-state index in [9.17, 15) is 4.79 Å². The van der Waals surface area contributed by atoms with Crippen molar-refractivity contribution in [1.29, 1.82) is 0 Å². The van der Waals surface area contributed by atoms with Gasteiger partial charge >= 0.3 is 0 Å². The first kappa shape index (κ1) is 15.4. The molecule has 1 saturated heterocycles. The van der Waals surface area contributed by atoms with Gasteiger partial charge in [0, 0.05) is 47.0 Å². The average molecular weight is 319 g/mol. The van der Waals surface area contributed by atoms with Crippen molar-refractivity contribution in [3.8, 4) is 0 Å². The van der Waals surface area contributed by atoms with E-state index < -0.39 is 0 Å². The quantitative estimate of drug-likeness (QED) is 0.870. The summed E-state index contributed by atoms with van der Waals surface area (Å²) in [5.41, 5.74) is 2.42. The molecule has 118 valence electrons. The third-order valence-electron chi connectivity index (χ3n) is 4.64. The average Bonchev–Trinajstić information content (AvgIpc) is 2.95. The molecule has 0 unspecified atom stereocenters. The highest BCUT2D eigenvalue weighted by atomic mass is 35.5. The predicted molar refractivity (Wildman–Crippen MR) is 91.4 cm³/mol.